The zero-order chi connectivity index (χ0) is 22.7. The van der Waals surface area contributed by atoms with Crippen molar-refractivity contribution in [3.63, 3.8) is 0 Å². The Hall–Kier alpha value is -3.45. The van der Waals surface area contributed by atoms with Crippen LogP contribution in [0.25, 0.3) is 0 Å². The van der Waals surface area contributed by atoms with Crippen molar-refractivity contribution in [3.8, 4) is 11.8 Å². The van der Waals surface area contributed by atoms with Gasteiger partial charge in [-0.25, -0.2) is 4.39 Å². The molecule has 1 fully saturated rings. The number of anilines is 1. The first-order valence-electron chi connectivity index (χ1n) is 10.6. The van der Waals surface area contributed by atoms with E-state index in [9.17, 15) is 24.6 Å². The monoisotopic (exact) mass is 442 g/mol. The Morgan fingerprint density at radius 1 is 1.38 bits per heavy atom. The Labute approximate surface area is 183 Å². The van der Waals surface area contributed by atoms with Crippen molar-refractivity contribution in [1.29, 1.82) is 5.26 Å². The van der Waals surface area contributed by atoms with Gasteiger partial charge in [0.25, 0.3) is 11.6 Å². The van der Waals surface area contributed by atoms with E-state index >= 15 is 0 Å². The molecule has 10 heteroatoms. The topological polar surface area (TPSA) is 119 Å². The molecule has 1 atom stereocenters. The first-order valence-corrected chi connectivity index (χ1v) is 10.6. The summed E-state index contributed by atoms with van der Waals surface area (Å²) in [5.74, 6) is -1.32. The van der Waals surface area contributed by atoms with Gasteiger partial charge in [-0.05, 0) is 50.2 Å². The first kappa shape index (κ1) is 21.8. The van der Waals surface area contributed by atoms with Crippen LogP contribution in [0, 0.1) is 27.3 Å². The van der Waals surface area contributed by atoms with Gasteiger partial charge in [-0.3, -0.25) is 14.9 Å². The average Bonchev–Trinajstić information content (AvgIpc) is 3.39. The highest BCUT2D eigenvalue weighted by molar-refractivity contribution is 5.93. The molecule has 2 heterocycles. The molecule has 0 bridgehead atoms. The minimum Gasteiger partial charge on any atom is -0.481 e. The number of nitriles is 1. The number of aromatic nitrogens is 1. The van der Waals surface area contributed by atoms with Gasteiger partial charge in [0.2, 0.25) is 0 Å². The Morgan fingerprint density at radius 3 is 2.88 bits per heavy atom. The largest absolute Gasteiger partial charge is 0.481 e. The molecule has 0 spiro atoms. The quantitative estimate of drug-likeness (QED) is 0.518. The highest BCUT2D eigenvalue weighted by atomic mass is 19.1. The van der Waals surface area contributed by atoms with Crippen LogP contribution in [0.2, 0.25) is 0 Å². The van der Waals surface area contributed by atoms with Gasteiger partial charge in [-0.15, -0.1) is 0 Å². The minimum atomic E-state index is -0.929. The van der Waals surface area contributed by atoms with E-state index in [1.807, 2.05) is 4.57 Å². The molecule has 1 aliphatic carbocycles. The Kier molecular flexibility index (Phi) is 6.37. The summed E-state index contributed by atoms with van der Waals surface area (Å²) in [5, 5.41) is 23.3. The Balaban J connectivity index is 1.52. The number of rotatable bonds is 7. The second kappa shape index (κ2) is 9.36. The summed E-state index contributed by atoms with van der Waals surface area (Å²) in [6, 6.07) is 5.18. The summed E-state index contributed by atoms with van der Waals surface area (Å²) in [4.78, 5) is 22.6. The highest BCUT2D eigenvalue weighted by Gasteiger charge is 2.28. The van der Waals surface area contributed by atoms with Crippen LogP contribution in [0.4, 0.5) is 15.9 Å². The zero-order valence-electron chi connectivity index (χ0n) is 17.4. The fourth-order valence-corrected chi connectivity index (χ4v) is 4.35. The van der Waals surface area contributed by atoms with Crippen LogP contribution in [0.1, 0.15) is 42.5 Å². The van der Waals surface area contributed by atoms with Gasteiger partial charge < -0.3 is 19.4 Å². The molecule has 1 unspecified atom stereocenters. The maximum atomic E-state index is 14.0. The van der Waals surface area contributed by atoms with Crippen LogP contribution in [0.15, 0.2) is 18.2 Å². The molecule has 1 aromatic heterocycles. The predicted octanol–water partition coefficient (Wildman–Crippen LogP) is 3.48. The van der Waals surface area contributed by atoms with E-state index in [4.69, 9.17) is 9.47 Å². The van der Waals surface area contributed by atoms with Crippen LogP contribution < -0.4 is 10.1 Å². The van der Waals surface area contributed by atoms with Crippen molar-refractivity contribution < 1.29 is 23.6 Å². The number of carbonyl (C=O) groups excluding carboxylic acids is 1. The average molecular weight is 442 g/mol. The number of benzene rings is 1. The smallest absolute Gasteiger partial charge is 0.272 e. The lowest BCUT2D eigenvalue weighted by molar-refractivity contribution is -0.385. The minimum absolute atomic E-state index is 0.0288. The number of nitro groups is 1. The van der Waals surface area contributed by atoms with Crippen LogP contribution >= 0.6 is 0 Å². The van der Waals surface area contributed by atoms with Gasteiger partial charge in [-0.1, -0.05) is 0 Å². The number of ether oxygens (including phenoxy) is 2. The summed E-state index contributed by atoms with van der Waals surface area (Å²) in [5.41, 5.74) is 2.07. The fourth-order valence-electron chi connectivity index (χ4n) is 4.35. The molecule has 2 aliphatic rings. The van der Waals surface area contributed by atoms with Crippen LogP contribution in [-0.4, -0.2) is 34.7 Å². The highest BCUT2D eigenvalue weighted by Crippen LogP contribution is 2.34. The van der Waals surface area contributed by atoms with E-state index in [1.165, 1.54) is 0 Å². The lowest BCUT2D eigenvalue weighted by Gasteiger charge is -2.20. The molecule has 0 saturated carbocycles. The van der Waals surface area contributed by atoms with E-state index in [1.54, 1.807) is 0 Å². The zero-order valence-corrected chi connectivity index (χ0v) is 17.4. The van der Waals surface area contributed by atoms with E-state index in [2.05, 4.69) is 11.4 Å². The maximum absolute atomic E-state index is 14.0. The first-order chi connectivity index (χ1) is 15.5. The normalized spacial score (nSPS) is 17.4. The summed E-state index contributed by atoms with van der Waals surface area (Å²) < 4.78 is 27.0. The molecule has 1 aliphatic heterocycles. The number of nitro benzene ring substituents is 1. The third-order valence-corrected chi connectivity index (χ3v) is 5.84. The van der Waals surface area contributed by atoms with Gasteiger partial charge in [0, 0.05) is 18.4 Å². The van der Waals surface area contributed by atoms with Crippen molar-refractivity contribution in [1.82, 2.24) is 4.57 Å². The number of nitrogens with one attached hydrogen (secondary N) is 1. The van der Waals surface area contributed by atoms with Gasteiger partial charge in [0.05, 0.1) is 29.2 Å². The second-order valence-electron chi connectivity index (χ2n) is 7.92. The van der Waals surface area contributed by atoms with Crippen molar-refractivity contribution in [2.75, 3.05) is 18.5 Å². The molecule has 2 aromatic rings. The van der Waals surface area contributed by atoms with Crippen LogP contribution in [0.5, 0.6) is 5.75 Å². The molecule has 0 radical (unpaired) electrons. The van der Waals surface area contributed by atoms with Crippen LogP contribution in [-0.2, 0) is 28.9 Å². The molecular weight excluding hydrogens is 419 g/mol. The molecule has 1 amide bonds. The molecule has 1 N–H and O–H groups in total. The fraction of sp³-hybridized carbons (Fsp3) is 0.455. The molecule has 32 heavy (non-hydrogen) atoms. The van der Waals surface area contributed by atoms with E-state index in [0.717, 1.165) is 68.0 Å². The summed E-state index contributed by atoms with van der Waals surface area (Å²) in [7, 11) is 0. The lowest BCUT2D eigenvalue weighted by atomic mass is 9.95. The summed E-state index contributed by atoms with van der Waals surface area (Å²) in [6.45, 7) is 0.752. The van der Waals surface area contributed by atoms with Gasteiger partial charge in [0.15, 0.2) is 18.2 Å². The van der Waals surface area contributed by atoms with Crippen LogP contribution in [0.3, 0.4) is 0 Å². The Bertz CT molecular complexity index is 1080. The Morgan fingerprint density at radius 2 is 2.19 bits per heavy atom. The number of halogens is 1. The predicted molar refractivity (Wildman–Crippen MR) is 112 cm³/mol. The number of fused-ring (bicyclic) bond motifs is 1. The molecule has 4 rings (SSSR count). The van der Waals surface area contributed by atoms with E-state index in [0.29, 0.717) is 24.5 Å². The molecule has 1 aromatic carbocycles. The molecular formula is C22H23FN4O5. The van der Waals surface area contributed by atoms with E-state index < -0.39 is 28.9 Å². The summed E-state index contributed by atoms with van der Waals surface area (Å²) >= 11 is 0. The van der Waals surface area contributed by atoms with E-state index in [-0.39, 0.29) is 11.9 Å². The number of carbonyl (C=O) groups is 1. The lowest BCUT2D eigenvalue weighted by Crippen LogP contribution is -2.25. The molecule has 168 valence electrons. The van der Waals surface area contributed by atoms with Crippen molar-refractivity contribution in [3.05, 3.63) is 51.0 Å². The SMILES string of the molecule is N#Cc1c2c(n(CC3CCCO3)c1NC(=O)COc1ccc([N+](=O)[O-])cc1F)CCCC2. The maximum Gasteiger partial charge on any atom is 0.272 e. The molecule has 9 nitrogen and oxygen atoms in total. The third-order valence-electron chi connectivity index (χ3n) is 5.84. The number of hydrogen-bond donors (Lipinski definition) is 1. The van der Waals surface area contributed by atoms with Gasteiger partial charge >= 0.3 is 0 Å². The second-order valence-corrected chi connectivity index (χ2v) is 7.92. The number of non-ortho nitro benzene ring substituents is 1. The standard InChI is InChI=1S/C22H23FN4O5/c23-18-10-14(27(29)30)7-8-20(18)32-13-21(28)25-22-17(11-24)16-5-1-2-6-19(16)26(22)12-15-4-3-9-31-15/h7-8,10,15H,1-6,9,12-13H2,(H,25,28). The number of nitrogens with zero attached hydrogens (tertiary/aromatic N) is 3. The van der Waals surface area contributed by atoms with Crippen molar-refractivity contribution in [2.45, 2.75) is 51.2 Å². The van der Waals surface area contributed by atoms with Crippen molar-refractivity contribution >= 4 is 17.4 Å². The number of amides is 1. The van der Waals surface area contributed by atoms with Crippen molar-refractivity contribution in [2.24, 2.45) is 0 Å². The molecule has 1 saturated heterocycles. The van der Waals surface area contributed by atoms with Gasteiger partial charge in [-0.2, -0.15) is 5.26 Å². The number of hydrogen-bond acceptors (Lipinski definition) is 6. The summed E-state index contributed by atoms with van der Waals surface area (Å²) in [6.07, 6.45) is 5.55. The third kappa shape index (κ3) is 4.43. The van der Waals surface area contributed by atoms with Gasteiger partial charge in [0.1, 0.15) is 11.9 Å².